The zero-order chi connectivity index (χ0) is 19.5. The summed E-state index contributed by atoms with van der Waals surface area (Å²) in [5.74, 6) is 0.645. The molecule has 0 aliphatic carbocycles. The van der Waals surface area contributed by atoms with Crippen molar-refractivity contribution in [1.29, 1.82) is 0 Å². The molecule has 6 nitrogen and oxygen atoms in total. The lowest BCUT2D eigenvalue weighted by Gasteiger charge is -2.22. The highest BCUT2D eigenvalue weighted by Crippen LogP contribution is 2.24. The molecule has 1 aliphatic heterocycles. The molecule has 10 heteroatoms. The second kappa shape index (κ2) is 14.1. The van der Waals surface area contributed by atoms with Crippen molar-refractivity contribution in [2.75, 3.05) is 33.4 Å². The lowest BCUT2D eigenvalue weighted by atomic mass is 10.1. The van der Waals surface area contributed by atoms with Gasteiger partial charge in [0.2, 0.25) is 0 Å². The predicted molar refractivity (Wildman–Crippen MR) is 116 cm³/mol. The van der Waals surface area contributed by atoms with Crippen molar-refractivity contribution >= 4 is 41.5 Å². The number of rotatable bonds is 9. The number of ether oxygens (including phenoxy) is 3. The Bertz CT molecular complexity index is 605. The number of hydrogen-bond donors (Lipinski definition) is 2. The van der Waals surface area contributed by atoms with Crippen LogP contribution in [-0.4, -0.2) is 52.1 Å². The van der Waals surface area contributed by atoms with Crippen LogP contribution in [0.1, 0.15) is 24.8 Å². The fourth-order valence-electron chi connectivity index (χ4n) is 2.67. The van der Waals surface area contributed by atoms with Crippen LogP contribution in [0.25, 0.3) is 0 Å². The van der Waals surface area contributed by atoms with Gasteiger partial charge in [0.25, 0.3) is 0 Å². The van der Waals surface area contributed by atoms with E-state index in [-0.39, 0.29) is 42.4 Å². The molecule has 0 unspecified atom stereocenters. The van der Waals surface area contributed by atoms with Gasteiger partial charge in [-0.2, -0.15) is 8.78 Å². The van der Waals surface area contributed by atoms with Crippen LogP contribution in [-0.2, 0) is 16.0 Å². The van der Waals surface area contributed by atoms with Crippen LogP contribution in [0.15, 0.2) is 23.2 Å². The van der Waals surface area contributed by atoms with Crippen molar-refractivity contribution in [3.05, 3.63) is 28.8 Å². The van der Waals surface area contributed by atoms with E-state index in [1.807, 2.05) is 0 Å². The molecule has 1 heterocycles. The summed E-state index contributed by atoms with van der Waals surface area (Å²) in [6, 6.07) is 4.52. The van der Waals surface area contributed by atoms with Gasteiger partial charge in [0.1, 0.15) is 5.75 Å². The first kappa shape index (κ1) is 25.1. The second-order valence-electron chi connectivity index (χ2n) is 6.02. The molecule has 1 aromatic rings. The number of alkyl halides is 2. The summed E-state index contributed by atoms with van der Waals surface area (Å²) in [6.07, 6.45) is 3.00. The molecule has 0 atom stereocenters. The molecule has 0 bridgehead atoms. The highest BCUT2D eigenvalue weighted by Gasteiger charge is 2.14. The number of aliphatic imine (C=N–C) groups is 1. The maximum atomic E-state index is 12.5. The van der Waals surface area contributed by atoms with Gasteiger partial charge in [-0.3, -0.25) is 4.99 Å². The molecule has 0 spiro atoms. The van der Waals surface area contributed by atoms with Gasteiger partial charge in [0.15, 0.2) is 5.96 Å². The van der Waals surface area contributed by atoms with E-state index in [9.17, 15) is 8.78 Å². The molecule has 28 heavy (non-hydrogen) atoms. The second-order valence-corrected chi connectivity index (χ2v) is 6.46. The molecule has 2 rings (SSSR count). The normalized spacial score (nSPS) is 15.2. The Kier molecular flexibility index (Phi) is 12.7. The number of benzene rings is 1. The standard InChI is InChI=1S/C18H26ClF2N3O3.HI/c1-22-18(23-7-2-8-26-15-5-9-25-10-6-15)24-12-13-11-14(19)3-4-16(13)27-17(20)21;/h3-4,11,15,17H,2,5-10,12H2,1H3,(H2,22,23,24);1H. The summed E-state index contributed by atoms with van der Waals surface area (Å²) in [5.41, 5.74) is 0.522. The van der Waals surface area contributed by atoms with E-state index in [1.165, 1.54) is 12.1 Å². The maximum absolute atomic E-state index is 12.5. The minimum Gasteiger partial charge on any atom is -0.434 e. The van der Waals surface area contributed by atoms with E-state index in [1.54, 1.807) is 13.1 Å². The summed E-state index contributed by atoms with van der Waals surface area (Å²) in [5, 5.41) is 6.68. The molecular weight excluding hydrogens is 507 g/mol. The van der Waals surface area contributed by atoms with Crippen LogP contribution >= 0.6 is 35.6 Å². The number of halogens is 4. The Labute approximate surface area is 186 Å². The molecule has 0 amide bonds. The third-order valence-corrected chi connectivity index (χ3v) is 4.28. The minimum absolute atomic E-state index is 0. The SMILES string of the molecule is CN=C(NCCCOC1CCOCC1)NCc1cc(Cl)ccc1OC(F)F.I. The average molecular weight is 534 g/mol. The molecule has 1 saturated heterocycles. The average Bonchev–Trinajstić information content (AvgIpc) is 2.66. The maximum Gasteiger partial charge on any atom is 0.387 e. The zero-order valence-corrected chi connectivity index (χ0v) is 18.8. The van der Waals surface area contributed by atoms with E-state index >= 15 is 0 Å². The van der Waals surface area contributed by atoms with Crippen molar-refractivity contribution in [2.45, 2.75) is 38.5 Å². The highest BCUT2D eigenvalue weighted by atomic mass is 127. The van der Waals surface area contributed by atoms with Crippen LogP contribution in [0, 0.1) is 0 Å². The number of nitrogens with one attached hydrogen (secondary N) is 2. The van der Waals surface area contributed by atoms with Crippen LogP contribution in [0.3, 0.4) is 0 Å². The lowest BCUT2D eigenvalue weighted by molar-refractivity contribution is -0.0504. The predicted octanol–water partition coefficient (Wildman–Crippen LogP) is 3.81. The van der Waals surface area contributed by atoms with E-state index in [0.29, 0.717) is 29.7 Å². The number of hydrogen-bond acceptors (Lipinski definition) is 4. The first-order valence-corrected chi connectivity index (χ1v) is 9.33. The first-order chi connectivity index (χ1) is 13.1. The van der Waals surface area contributed by atoms with Crippen LogP contribution < -0.4 is 15.4 Å². The Balaban J connectivity index is 0.00000392. The fourth-order valence-corrected chi connectivity index (χ4v) is 2.86. The molecular formula is C18H27ClF2IN3O3. The van der Waals surface area contributed by atoms with Gasteiger partial charge >= 0.3 is 6.61 Å². The lowest BCUT2D eigenvalue weighted by Crippen LogP contribution is -2.37. The summed E-state index contributed by atoms with van der Waals surface area (Å²) >= 11 is 5.95. The zero-order valence-electron chi connectivity index (χ0n) is 15.8. The molecule has 0 saturated carbocycles. The van der Waals surface area contributed by atoms with Crippen molar-refractivity contribution in [3.8, 4) is 5.75 Å². The molecule has 0 aromatic heterocycles. The van der Waals surface area contributed by atoms with Gasteiger partial charge in [-0.1, -0.05) is 11.6 Å². The van der Waals surface area contributed by atoms with Crippen molar-refractivity contribution in [2.24, 2.45) is 4.99 Å². The monoisotopic (exact) mass is 533 g/mol. The quantitative estimate of drug-likeness (QED) is 0.219. The van der Waals surface area contributed by atoms with Gasteiger partial charge in [0.05, 0.1) is 6.10 Å². The van der Waals surface area contributed by atoms with Gasteiger partial charge in [-0.25, -0.2) is 0 Å². The van der Waals surface area contributed by atoms with Crippen LogP contribution in [0.2, 0.25) is 5.02 Å². The molecule has 2 N–H and O–H groups in total. The van der Waals surface area contributed by atoms with Crippen LogP contribution in [0.5, 0.6) is 5.75 Å². The Morgan fingerprint density at radius 3 is 2.75 bits per heavy atom. The summed E-state index contributed by atoms with van der Waals surface area (Å²) < 4.78 is 40.6. The summed E-state index contributed by atoms with van der Waals surface area (Å²) in [7, 11) is 1.64. The van der Waals surface area contributed by atoms with E-state index in [2.05, 4.69) is 20.4 Å². The Morgan fingerprint density at radius 2 is 2.07 bits per heavy atom. The smallest absolute Gasteiger partial charge is 0.387 e. The number of guanidine groups is 1. The van der Waals surface area contributed by atoms with E-state index in [4.69, 9.17) is 21.1 Å². The molecule has 1 aliphatic rings. The fraction of sp³-hybridized carbons (Fsp3) is 0.611. The Morgan fingerprint density at radius 1 is 1.32 bits per heavy atom. The largest absolute Gasteiger partial charge is 0.434 e. The van der Waals surface area contributed by atoms with Crippen molar-refractivity contribution in [1.82, 2.24) is 10.6 Å². The molecule has 0 radical (unpaired) electrons. The van der Waals surface area contributed by atoms with Gasteiger partial charge < -0.3 is 24.8 Å². The third kappa shape index (κ3) is 9.53. The Hall–Kier alpha value is -0.910. The third-order valence-electron chi connectivity index (χ3n) is 4.04. The van der Waals surface area contributed by atoms with Gasteiger partial charge in [0, 0.05) is 50.5 Å². The molecule has 160 valence electrons. The molecule has 1 fully saturated rings. The summed E-state index contributed by atoms with van der Waals surface area (Å²) in [6.45, 7) is 0.230. The van der Waals surface area contributed by atoms with Gasteiger partial charge in [-0.15, -0.1) is 24.0 Å². The summed E-state index contributed by atoms with van der Waals surface area (Å²) in [4.78, 5) is 4.12. The number of nitrogens with zero attached hydrogens (tertiary/aromatic N) is 1. The van der Waals surface area contributed by atoms with Crippen molar-refractivity contribution in [3.63, 3.8) is 0 Å². The minimum atomic E-state index is -2.89. The molecule has 1 aromatic carbocycles. The van der Waals surface area contributed by atoms with E-state index < -0.39 is 6.61 Å². The highest BCUT2D eigenvalue weighted by molar-refractivity contribution is 14.0. The first-order valence-electron chi connectivity index (χ1n) is 8.95. The topological polar surface area (TPSA) is 64.1 Å². The van der Waals surface area contributed by atoms with E-state index in [0.717, 1.165) is 32.5 Å². The van der Waals surface area contributed by atoms with Crippen LogP contribution in [0.4, 0.5) is 8.78 Å². The van der Waals surface area contributed by atoms with Crippen molar-refractivity contribution < 1.29 is 23.0 Å². The van der Waals surface area contributed by atoms with Gasteiger partial charge in [-0.05, 0) is 37.5 Å².